The SMILES string of the molecule is CC[C@]1(C(=O)NCc2csc3c2CCCC3)C[C@H]2CC[C@@H]1N2C(=O)c1cc(C)on1. The normalized spacial score (nSPS) is 27.3. The molecule has 1 aliphatic carbocycles. The summed E-state index contributed by atoms with van der Waals surface area (Å²) in [5.41, 5.74) is 2.58. The molecule has 2 saturated heterocycles. The third-order valence-corrected chi connectivity index (χ3v) is 8.63. The van der Waals surface area contributed by atoms with Crippen molar-refractivity contribution in [2.75, 3.05) is 0 Å². The number of hydrogen-bond donors (Lipinski definition) is 1. The predicted octanol–water partition coefficient (Wildman–Crippen LogP) is 4.01. The minimum absolute atomic E-state index is 0.0617. The number of aryl methyl sites for hydroxylation is 2. The summed E-state index contributed by atoms with van der Waals surface area (Å²) in [4.78, 5) is 30.0. The van der Waals surface area contributed by atoms with Crippen LogP contribution in [0.15, 0.2) is 16.0 Å². The number of carbonyl (C=O) groups is 2. The van der Waals surface area contributed by atoms with Crippen molar-refractivity contribution in [2.45, 2.75) is 83.8 Å². The summed E-state index contributed by atoms with van der Waals surface area (Å²) in [7, 11) is 0. The molecule has 2 aromatic heterocycles. The molecule has 160 valence electrons. The van der Waals surface area contributed by atoms with Gasteiger partial charge < -0.3 is 14.7 Å². The quantitative estimate of drug-likeness (QED) is 0.782. The zero-order chi connectivity index (χ0) is 20.9. The van der Waals surface area contributed by atoms with Crippen LogP contribution in [0.4, 0.5) is 0 Å². The van der Waals surface area contributed by atoms with Crippen molar-refractivity contribution in [3.8, 4) is 0 Å². The number of rotatable bonds is 5. The van der Waals surface area contributed by atoms with Gasteiger partial charge in [-0.15, -0.1) is 11.3 Å². The summed E-state index contributed by atoms with van der Waals surface area (Å²) >= 11 is 1.84. The molecule has 3 aliphatic rings. The Balaban J connectivity index is 1.33. The van der Waals surface area contributed by atoms with Crippen molar-refractivity contribution in [1.82, 2.24) is 15.4 Å². The Labute approximate surface area is 181 Å². The highest BCUT2D eigenvalue weighted by Gasteiger charge is 2.60. The summed E-state index contributed by atoms with van der Waals surface area (Å²) in [5.74, 6) is 0.625. The first-order chi connectivity index (χ1) is 14.5. The van der Waals surface area contributed by atoms with Gasteiger partial charge in [0.1, 0.15) is 5.76 Å². The van der Waals surface area contributed by atoms with Gasteiger partial charge in [0, 0.05) is 29.6 Å². The van der Waals surface area contributed by atoms with Crippen LogP contribution < -0.4 is 5.32 Å². The van der Waals surface area contributed by atoms with E-state index in [0.29, 0.717) is 18.0 Å². The van der Waals surface area contributed by atoms with Crippen LogP contribution in [0, 0.1) is 12.3 Å². The second-order valence-corrected chi connectivity index (χ2v) is 10.0. The maximum atomic E-state index is 13.5. The van der Waals surface area contributed by atoms with E-state index in [1.165, 1.54) is 35.3 Å². The molecule has 0 radical (unpaired) electrons. The Bertz CT molecular complexity index is 980. The smallest absolute Gasteiger partial charge is 0.276 e. The van der Waals surface area contributed by atoms with E-state index in [0.717, 1.165) is 32.1 Å². The Hall–Kier alpha value is -2.15. The van der Waals surface area contributed by atoms with Gasteiger partial charge in [0.05, 0.1) is 5.41 Å². The highest BCUT2D eigenvalue weighted by molar-refractivity contribution is 7.10. The lowest BCUT2D eigenvalue weighted by molar-refractivity contribution is -0.133. The molecule has 5 rings (SSSR count). The summed E-state index contributed by atoms with van der Waals surface area (Å²) in [6.07, 6.45) is 8.14. The lowest BCUT2D eigenvalue weighted by Gasteiger charge is -2.35. The number of nitrogens with one attached hydrogen (secondary N) is 1. The zero-order valence-electron chi connectivity index (χ0n) is 17.7. The molecule has 2 aromatic rings. The summed E-state index contributed by atoms with van der Waals surface area (Å²) < 4.78 is 5.11. The number of carbonyl (C=O) groups excluding carboxylic acids is 2. The van der Waals surface area contributed by atoms with Crippen LogP contribution >= 0.6 is 11.3 Å². The molecule has 0 spiro atoms. The van der Waals surface area contributed by atoms with Gasteiger partial charge in [-0.05, 0) is 74.8 Å². The Kier molecular flexibility index (Phi) is 4.96. The van der Waals surface area contributed by atoms with E-state index in [1.54, 1.807) is 13.0 Å². The zero-order valence-corrected chi connectivity index (χ0v) is 18.5. The summed E-state index contributed by atoms with van der Waals surface area (Å²) in [6, 6.07) is 1.74. The van der Waals surface area contributed by atoms with Gasteiger partial charge in [-0.2, -0.15) is 0 Å². The minimum Gasteiger partial charge on any atom is -0.361 e. The van der Waals surface area contributed by atoms with E-state index in [4.69, 9.17) is 4.52 Å². The molecule has 30 heavy (non-hydrogen) atoms. The molecule has 0 unspecified atom stereocenters. The van der Waals surface area contributed by atoms with Crippen molar-refractivity contribution in [3.63, 3.8) is 0 Å². The van der Waals surface area contributed by atoms with Gasteiger partial charge in [0.25, 0.3) is 5.91 Å². The largest absolute Gasteiger partial charge is 0.361 e. The van der Waals surface area contributed by atoms with Gasteiger partial charge in [-0.25, -0.2) is 0 Å². The fraction of sp³-hybridized carbons (Fsp3) is 0.609. The Morgan fingerprint density at radius 1 is 1.33 bits per heavy atom. The first kappa shape index (κ1) is 19.8. The van der Waals surface area contributed by atoms with Gasteiger partial charge in [-0.3, -0.25) is 9.59 Å². The topological polar surface area (TPSA) is 75.4 Å². The predicted molar refractivity (Wildman–Crippen MR) is 114 cm³/mol. The van der Waals surface area contributed by atoms with E-state index in [2.05, 4.69) is 22.8 Å². The lowest BCUT2D eigenvalue weighted by atomic mass is 9.71. The molecule has 3 atom stereocenters. The third-order valence-electron chi connectivity index (χ3n) is 7.49. The first-order valence-corrected chi connectivity index (χ1v) is 12.0. The van der Waals surface area contributed by atoms with Crippen molar-refractivity contribution in [2.24, 2.45) is 5.41 Å². The van der Waals surface area contributed by atoms with Crippen LogP contribution in [0.1, 0.15) is 77.7 Å². The molecule has 0 saturated carbocycles. The van der Waals surface area contributed by atoms with Crippen LogP contribution in [0.2, 0.25) is 0 Å². The number of aromatic nitrogens is 1. The fourth-order valence-corrected chi connectivity index (χ4v) is 7.08. The van der Waals surface area contributed by atoms with E-state index in [1.807, 2.05) is 16.2 Å². The van der Waals surface area contributed by atoms with Gasteiger partial charge in [0.15, 0.2) is 5.69 Å². The van der Waals surface area contributed by atoms with Crippen molar-refractivity contribution in [3.05, 3.63) is 38.9 Å². The molecule has 2 aliphatic heterocycles. The van der Waals surface area contributed by atoms with Crippen molar-refractivity contribution < 1.29 is 14.1 Å². The number of nitrogens with zero attached hydrogens (tertiary/aromatic N) is 2. The second-order valence-electron chi connectivity index (χ2n) is 9.05. The fourth-order valence-electron chi connectivity index (χ4n) is 5.93. The molecular weight excluding hydrogens is 398 g/mol. The number of thiophene rings is 1. The van der Waals surface area contributed by atoms with E-state index in [9.17, 15) is 9.59 Å². The van der Waals surface area contributed by atoms with Crippen molar-refractivity contribution in [1.29, 1.82) is 0 Å². The average molecular weight is 428 g/mol. The monoisotopic (exact) mass is 427 g/mol. The summed E-state index contributed by atoms with van der Waals surface area (Å²) in [6.45, 7) is 4.46. The highest BCUT2D eigenvalue weighted by atomic mass is 32.1. The molecule has 7 heteroatoms. The average Bonchev–Trinajstić information content (AvgIpc) is 3.53. The number of fused-ring (bicyclic) bond motifs is 3. The third kappa shape index (κ3) is 3.01. The number of hydrogen-bond acceptors (Lipinski definition) is 5. The maximum Gasteiger partial charge on any atom is 0.276 e. The van der Waals surface area contributed by atoms with Crippen LogP contribution in [0.25, 0.3) is 0 Å². The molecule has 4 heterocycles. The van der Waals surface area contributed by atoms with E-state index < -0.39 is 5.41 Å². The minimum atomic E-state index is -0.507. The van der Waals surface area contributed by atoms with E-state index >= 15 is 0 Å². The van der Waals surface area contributed by atoms with Crippen LogP contribution in [0.3, 0.4) is 0 Å². The first-order valence-electron chi connectivity index (χ1n) is 11.2. The van der Waals surface area contributed by atoms with E-state index in [-0.39, 0.29) is 23.9 Å². The van der Waals surface area contributed by atoms with Gasteiger partial charge in [0.2, 0.25) is 5.91 Å². The van der Waals surface area contributed by atoms with Crippen LogP contribution in [0.5, 0.6) is 0 Å². The molecule has 2 bridgehead atoms. The molecule has 0 aromatic carbocycles. The lowest BCUT2D eigenvalue weighted by Crippen LogP contribution is -2.49. The van der Waals surface area contributed by atoms with Gasteiger partial charge >= 0.3 is 0 Å². The summed E-state index contributed by atoms with van der Waals surface area (Å²) in [5, 5.41) is 9.39. The Morgan fingerprint density at radius 3 is 2.93 bits per heavy atom. The Morgan fingerprint density at radius 2 is 2.17 bits per heavy atom. The van der Waals surface area contributed by atoms with Crippen LogP contribution in [-0.2, 0) is 24.2 Å². The maximum absolute atomic E-state index is 13.5. The van der Waals surface area contributed by atoms with Crippen molar-refractivity contribution >= 4 is 23.2 Å². The molecule has 2 fully saturated rings. The number of amides is 2. The van der Waals surface area contributed by atoms with Gasteiger partial charge in [-0.1, -0.05) is 12.1 Å². The van der Waals surface area contributed by atoms with Crippen LogP contribution in [-0.4, -0.2) is 34.0 Å². The molecule has 6 nitrogen and oxygen atoms in total. The molecule has 2 amide bonds. The second kappa shape index (κ2) is 7.52. The standard InChI is InChI=1S/C23H29N3O3S/c1-3-23(22(28)24-12-15-13-30-19-7-5-4-6-17(15)19)11-16-8-9-20(23)26(16)21(27)18-10-14(2)29-25-18/h10,13,16,20H,3-9,11-12H2,1-2H3,(H,24,28)/t16-,20+,23+/m1/s1. The highest BCUT2D eigenvalue weighted by Crippen LogP contribution is 2.52. The molecular formula is C23H29N3O3S. The molecule has 1 N–H and O–H groups in total.